The largest absolute Gasteiger partial charge is 0.379 e. The number of nitrogens with zero attached hydrogens (tertiary/aromatic N) is 1. The van der Waals surface area contributed by atoms with Crippen LogP contribution in [-0.4, -0.2) is 4.92 Å². The molecule has 2 aromatic carbocycles. The van der Waals surface area contributed by atoms with Gasteiger partial charge in [-0.15, -0.1) is 0 Å². The molecule has 1 N–H and O–H groups in total. The van der Waals surface area contributed by atoms with Gasteiger partial charge < -0.3 is 5.32 Å². The van der Waals surface area contributed by atoms with Gasteiger partial charge in [-0.25, -0.2) is 0 Å². The van der Waals surface area contributed by atoms with Gasteiger partial charge in [0.1, 0.15) is 0 Å². The van der Waals surface area contributed by atoms with Crippen LogP contribution >= 0.6 is 34.8 Å². The summed E-state index contributed by atoms with van der Waals surface area (Å²) < 4.78 is 0. The molecule has 2 aromatic rings. The quantitative estimate of drug-likeness (QED) is 0.590. The van der Waals surface area contributed by atoms with Gasteiger partial charge in [-0.3, -0.25) is 10.1 Å². The van der Waals surface area contributed by atoms with Gasteiger partial charge in [0.25, 0.3) is 5.69 Å². The van der Waals surface area contributed by atoms with E-state index in [-0.39, 0.29) is 5.69 Å². The highest BCUT2D eigenvalue weighted by Gasteiger charge is 2.12. The Morgan fingerprint density at radius 3 is 2.33 bits per heavy atom. The maximum atomic E-state index is 10.9. The molecule has 7 heteroatoms. The minimum Gasteiger partial charge on any atom is -0.379 e. The Morgan fingerprint density at radius 2 is 1.76 bits per heavy atom. The summed E-state index contributed by atoms with van der Waals surface area (Å²) in [5, 5.41) is 15.2. The maximum absolute atomic E-state index is 10.9. The van der Waals surface area contributed by atoms with Crippen LogP contribution in [0.25, 0.3) is 0 Å². The van der Waals surface area contributed by atoms with Crippen molar-refractivity contribution < 1.29 is 4.92 Å². The van der Waals surface area contributed by atoms with E-state index >= 15 is 0 Å². The van der Waals surface area contributed by atoms with Crippen molar-refractivity contribution in [3.05, 3.63) is 66.6 Å². The van der Waals surface area contributed by atoms with Crippen LogP contribution in [-0.2, 0) is 6.54 Å². The molecular formula is C14H11Cl3N2O2. The predicted octanol–water partition coefficient (Wildman–Crippen LogP) is 5.48. The Morgan fingerprint density at radius 1 is 1.14 bits per heavy atom. The predicted molar refractivity (Wildman–Crippen MR) is 86.6 cm³/mol. The van der Waals surface area contributed by atoms with Crippen molar-refractivity contribution in [3.8, 4) is 0 Å². The first-order chi connectivity index (χ1) is 9.88. The molecule has 0 aliphatic carbocycles. The van der Waals surface area contributed by atoms with Crippen molar-refractivity contribution in [3.63, 3.8) is 0 Å². The summed E-state index contributed by atoms with van der Waals surface area (Å²) in [4.78, 5) is 10.5. The Labute approximate surface area is 136 Å². The van der Waals surface area contributed by atoms with Crippen molar-refractivity contribution in [1.29, 1.82) is 0 Å². The molecule has 0 fully saturated rings. The number of nitro groups is 1. The standard InChI is InChI=1S/C14H11Cl3N2O2/c1-8-2-3-9(4-13(8)19(20)21)7-18-14-11(16)5-10(15)6-12(14)17/h2-6,18H,7H2,1H3. The van der Waals surface area contributed by atoms with Gasteiger partial charge in [-0.2, -0.15) is 0 Å². The molecule has 0 saturated carbocycles. The number of halogens is 3. The molecule has 0 spiro atoms. The molecule has 0 heterocycles. The molecule has 0 atom stereocenters. The van der Waals surface area contributed by atoms with Crippen LogP contribution in [0, 0.1) is 17.0 Å². The second kappa shape index (κ2) is 6.52. The van der Waals surface area contributed by atoms with E-state index in [0.29, 0.717) is 32.9 Å². The van der Waals surface area contributed by atoms with E-state index in [1.54, 1.807) is 25.1 Å². The highest BCUT2D eigenvalue weighted by atomic mass is 35.5. The average molecular weight is 346 g/mol. The number of rotatable bonds is 4. The van der Waals surface area contributed by atoms with Crippen LogP contribution in [0.15, 0.2) is 30.3 Å². The molecule has 0 aromatic heterocycles. The highest BCUT2D eigenvalue weighted by molar-refractivity contribution is 6.41. The number of anilines is 1. The van der Waals surface area contributed by atoms with E-state index in [4.69, 9.17) is 34.8 Å². The van der Waals surface area contributed by atoms with Gasteiger partial charge in [0, 0.05) is 23.2 Å². The summed E-state index contributed by atoms with van der Waals surface area (Å²) in [6.07, 6.45) is 0. The molecule has 21 heavy (non-hydrogen) atoms. The number of hydrogen-bond donors (Lipinski definition) is 1. The summed E-state index contributed by atoms with van der Waals surface area (Å²) in [7, 11) is 0. The Kier molecular flexibility index (Phi) is 4.93. The molecule has 0 aliphatic rings. The van der Waals surface area contributed by atoms with Gasteiger partial charge in [-0.05, 0) is 24.6 Å². The fourth-order valence-electron chi connectivity index (χ4n) is 1.86. The minimum absolute atomic E-state index is 0.0857. The monoisotopic (exact) mass is 344 g/mol. The zero-order valence-electron chi connectivity index (χ0n) is 11.0. The van der Waals surface area contributed by atoms with E-state index in [2.05, 4.69) is 5.32 Å². The van der Waals surface area contributed by atoms with Crippen molar-refractivity contribution in [2.45, 2.75) is 13.5 Å². The summed E-state index contributed by atoms with van der Waals surface area (Å²) in [5.41, 5.74) is 2.01. The maximum Gasteiger partial charge on any atom is 0.272 e. The summed E-state index contributed by atoms with van der Waals surface area (Å²) >= 11 is 18.0. The van der Waals surface area contributed by atoms with E-state index < -0.39 is 4.92 Å². The van der Waals surface area contributed by atoms with Crippen LogP contribution in [0.1, 0.15) is 11.1 Å². The van der Waals surface area contributed by atoms with E-state index in [1.807, 2.05) is 6.07 Å². The number of aryl methyl sites for hydroxylation is 1. The lowest BCUT2D eigenvalue weighted by Crippen LogP contribution is -2.02. The van der Waals surface area contributed by atoms with Crippen LogP contribution in [0.2, 0.25) is 15.1 Å². The van der Waals surface area contributed by atoms with Crippen LogP contribution in [0.4, 0.5) is 11.4 Å². The molecule has 0 unspecified atom stereocenters. The molecule has 0 bridgehead atoms. The van der Waals surface area contributed by atoms with Crippen LogP contribution in [0.3, 0.4) is 0 Å². The topological polar surface area (TPSA) is 55.2 Å². The second-order valence-electron chi connectivity index (χ2n) is 4.48. The molecule has 110 valence electrons. The first-order valence-electron chi connectivity index (χ1n) is 6.01. The summed E-state index contributed by atoms with van der Waals surface area (Å²) in [6.45, 7) is 2.06. The Bertz CT molecular complexity index is 682. The molecule has 0 radical (unpaired) electrons. The third-order valence-electron chi connectivity index (χ3n) is 2.95. The van der Waals surface area contributed by atoms with E-state index in [0.717, 1.165) is 5.56 Å². The van der Waals surface area contributed by atoms with Crippen molar-refractivity contribution in [2.75, 3.05) is 5.32 Å². The number of nitro benzene ring substituents is 1. The van der Waals surface area contributed by atoms with Gasteiger partial charge in [0.2, 0.25) is 0 Å². The summed E-state index contributed by atoms with van der Waals surface area (Å²) in [6, 6.07) is 8.21. The molecule has 4 nitrogen and oxygen atoms in total. The lowest BCUT2D eigenvalue weighted by Gasteiger charge is -2.11. The SMILES string of the molecule is Cc1ccc(CNc2c(Cl)cc(Cl)cc2Cl)cc1[N+](=O)[O-]. The summed E-state index contributed by atoms with van der Waals surface area (Å²) in [5.74, 6) is 0. The van der Waals surface area contributed by atoms with Gasteiger partial charge in [0.05, 0.1) is 20.7 Å². The molecule has 0 amide bonds. The zero-order valence-corrected chi connectivity index (χ0v) is 13.3. The van der Waals surface area contributed by atoms with Crippen LogP contribution < -0.4 is 5.32 Å². The molecule has 0 aliphatic heterocycles. The van der Waals surface area contributed by atoms with Crippen molar-refractivity contribution >= 4 is 46.2 Å². The minimum atomic E-state index is -0.402. The van der Waals surface area contributed by atoms with Gasteiger partial charge in [0.15, 0.2) is 0 Å². The third kappa shape index (κ3) is 3.79. The van der Waals surface area contributed by atoms with Gasteiger partial charge in [-0.1, -0.05) is 46.9 Å². The van der Waals surface area contributed by atoms with Gasteiger partial charge >= 0.3 is 0 Å². The van der Waals surface area contributed by atoms with Crippen molar-refractivity contribution in [2.24, 2.45) is 0 Å². The van der Waals surface area contributed by atoms with Crippen LogP contribution in [0.5, 0.6) is 0 Å². The first-order valence-corrected chi connectivity index (χ1v) is 7.14. The first kappa shape index (κ1) is 15.9. The number of benzene rings is 2. The highest BCUT2D eigenvalue weighted by Crippen LogP contribution is 2.34. The fourth-order valence-corrected chi connectivity index (χ4v) is 2.81. The lowest BCUT2D eigenvalue weighted by molar-refractivity contribution is -0.385. The van der Waals surface area contributed by atoms with E-state index in [1.165, 1.54) is 6.07 Å². The normalized spacial score (nSPS) is 10.5. The number of nitrogens with one attached hydrogen (secondary N) is 1. The molecule has 0 saturated heterocycles. The molecule has 2 rings (SSSR count). The smallest absolute Gasteiger partial charge is 0.272 e. The Balaban J connectivity index is 2.21. The Hall–Kier alpha value is -1.49. The third-order valence-corrected chi connectivity index (χ3v) is 3.76. The number of hydrogen-bond acceptors (Lipinski definition) is 3. The fraction of sp³-hybridized carbons (Fsp3) is 0.143. The van der Waals surface area contributed by atoms with Crippen molar-refractivity contribution in [1.82, 2.24) is 0 Å². The zero-order chi connectivity index (χ0) is 15.6. The average Bonchev–Trinajstić information content (AvgIpc) is 2.38. The molecular weight excluding hydrogens is 335 g/mol. The van der Waals surface area contributed by atoms with E-state index in [9.17, 15) is 10.1 Å². The second-order valence-corrected chi connectivity index (χ2v) is 5.73. The lowest BCUT2D eigenvalue weighted by atomic mass is 10.1.